The number of nitrogens with zero attached hydrogens (tertiary/aromatic N) is 2. The van der Waals surface area contributed by atoms with Crippen LogP contribution in [0.2, 0.25) is 5.02 Å². The molecule has 2 aliphatic rings. The number of ether oxygens (including phenoxy) is 1. The van der Waals surface area contributed by atoms with Crippen LogP contribution >= 0.6 is 11.6 Å². The maximum atomic E-state index is 13.2. The van der Waals surface area contributed by atoms with Crippen LogP contribution in [-0.2, 0) is 28.2 Å². The van der Waals surface area contributed by atoms with E-state index >= 15 is 0 Å². The highest BCUT2D eigenvalue weighted by Gasteiger charge is 2.48. The first-order valence-corrected chi connectivity index (χ1v) is 14.2. The smallest absolute Gasteiger partial charge is 0.341 e. The van der Waals surface area contributed by atoms with E-state index in [0.29, 0.717) is 23.9 Å². The van der Waals surface area contributed by atoms with E-state index in [1.807, 2.05) is 24.3 Å². The quantitative estimate of drug-likeness (QED) is 0.449. The molecule has 7 nitrogen and oxygen atoms in total. The lowest BCUT2D eigenvalue weighted by Gasteiger charge is -2.34. The summed E-state index contributed by atoms with van der Waals surface area (Å²) < 4.78 is 6.35. The molecule has 0 fully saturated rings. The highest BCUT2D eigenvalue weighted by Crippen LogP contribution is 2.39. The van der Waals surface area contributed by atoms with Gasteiger partial charge in [0.05, 0.1) is 11.6 Å². The first kappa shape index (κ1) is 29.0. The number of fused-ring (bicyclic) bond motifs is 2. The van der Waals surface area contributed by atoms with Gasteiger partial charge in [0.2, 0.25) is 5.91 Å². The van der Waals surface area contributed by atoms with Gasteiger partial charge in [0, 0.05) is 31.7 Å². The highest BCUT2D eigenvalue weighted by atomic mass is 35.5. The molecule has 0 spiro atoms. The number of carbonyl (C=O) groups is 2. The van der Waals surface area contributed by atoms with Crippen LogP contribution in [0, 0.1) is 5.92 Å². The molecule has 2 aromatic rings. The Morgan fingerprint density at radius 2 is 1.79 bits per heavy atom. The standard InChI is InChI=1S/C31H39ClN2O5/c1-22-29(35)33(2)16-8-5-3-4-6-9-17-34-18-10-7-11-23-19-26(32)14-12-24(23)21-39-28-15-13-25(20-27(28)34)31(22,38)30(36)37/h5,8,12-15,19-20,22,38H,3-4,6-7,9-11,16-18,21H2,1-2H3,(H,36,37)/b8-5+/t22-,31-/m0/s1. The molecule has 4 rings (SSSR count). The van der Waals surface area contributed by atoms with Crippen molar-refractivity contribution < 1.29 is 24.5 Å². The van der Waals surface area contributed by atoms with Crippen molar-refractivity contribution in [2.75, 3.05) is 31.6 Å². The summed E-state index contributed by atoms with van der Waals surface area (Å²) >= 11 is 6.28. The van der Waals surface area contributed by atoms with Crippen LogP contribution in [-0.4, -0.2) is 53.7 Å². The normalized spacial score (nSPS) is 24.2. The number of hydrogen-bond acceptors (Lipinski definition) is 5. The zero-order chi connectivity index (χ0) is 28.0. The van der Waals surface area contributed by atoms with Crippen molar-refractivity contribution >= 4 is 29.2 Å². The topological polar surface area (TPSA) is 90.3 Å². The molecule has 0 saturated carbocycles. The van der Waals surface area contributed by atoms with Crippen LogP contribution in [0.25, 0.3) is 0 Å². The van der Waals surface area contributed by atoms with Gasteiger partial charge in [0.15, 0.2) is 5.60 Å². The number of allylic oxidation sites excluding steroid dienone is 1. The predicted molar refractivity (Wildman–Crippen MR) is 153 cm³/mol. The monoisotopic (exact) mass is 554 g/mol. The van der Waals surface area contributed by atoms with Gasteiger partial charge >= 0.3 is 5.97 Å². The summed E-state index contributed by atoms with van der Waals surface area (Å²) in [6, 6.07) is 10.9. The number of amides is 1. The number of aliphatic hydroxyl groups is 1. The number of carboxylic acids is 1. The summed E-state index contributed by atoms with van der Waals surface area (Å²) in [5.41, 5.74) is 0.743. The first-order valence-electron chi connectivity index (χ1n) is 13.9. The van der Waals surface area contributed by atoms with Crippen LogP contribution in [0.15, 0.2) is 48.6 Å². The van der Waals surface area contributed by atoms with Crippen LogP contribution < -0.4 is 9.64 Å². The Hall–Kier alpha value is -3.03. The van der Waals surface area contributed by atoms with Crippen molar-refractivity contribution in [2.24, 2.45) is 5.92 Å². The Morgan fingerprint density at radius 1 is 1.03 bits per heavy atom. The Kier molecular flexibility index (Phi) is 9.57. The molecule has 210 valence electrons. The van der Waals surface area contributed by atoms with Crippen molar-refractivity contribution in [3.05, 3.63) is 70.3 Å². The summed E-state index contributed by atoms with van der Waals surface area (Å²) in [4.78, 5) is 29.5. The largest absolute Gasteiger partial charge is 0.487 e. The summed E-state index contributed by atoms with van der Waals surface area (Å²) in [6.45, 7) is 3.73. The third kappa shape index (κ3) is 6.59. The van der Waals surface area contributed by atoms with Gasteiger partial charge in [-0.3, -0.25) is 4.79 Å². The number of benzene rings is 2. The van der Waals surface area contributed by atoms with E-state index in [2.05, 4.69) is 11.0 Å². The minimum absolute atomic E-state index is 0.168. The molecule has 2 aromatic carbocycles. The summed E-state index contributed by atoms with van der Waals surface area (Å²) in [6.07, 6.45) is 10.8. The van der Waals surface area contributed by atoms with Gasteiger partial charge in [0.1, 0.15) is 12.4 Å². The maximum Gasteiger partial charge on any atom is 0.341 e. The maximum absolute atomic E-state index is 13.2. The van der Waals surface area contributed by atoms with Crippen molar-refractivity contribution in [2.45, 2.75) is 64.1 Å². The number of halogens is 1. The van der Waals surface area contributed by atoms with Crippen molar-refractivity contribution in [3.63, 3.8) is 0 Å². The fourth-order valence-corrected chi connectivity index (χ4v) is 5.66. The predicted octanol–water partition coefficient (Wildman–Crippen LogP) is 5.56. The first-order chi connectivity index (χ1) is 18.7. The van der Waals surface area contributed by atoms with Gasteiger partial charge in [0.25, 0.3) is 0 Å². The molecule has 8 heteroatoms. The third-order valence-corrected chi connectivity index (χ3v) is 8.19. The molecule has 2 bridgehead atoms. The molecule has 2 heterocycles. The molecule has 39 heavy (non-hydrogen) atoms. The SMILES string of the molecule is C[C@H]1C(=O)N(C)C/C=C/CCCCCN2CCCCc3cc(Cl)ccc3COc3ccc(cc32)[C@]1(O)C(=O)O. The molecule has 2 atom stereocenters. The number of carboxylic acid groups (broad SMARTS) is 1. The van der Waals surface area contributed by atoms with Gasteiger partial charge in [-0.15, -0.1) is 0 Å². The van der Waals surface area contributed by atoms with Crippen LogP contribution in [0.3, 0.4) is 0 Å². The van der Waals surface area contributed by atoms with Gasteiger partial charge in [-0.1, -0.05) is 42.3 Å². The Morgan fingerprint density at radius 3 is 2.56 bits per heavy atom. The van der Waals surface area contributed by atoms with Crippen LogP contribution in [0.1, 0.15) is 62.1 Å². The molecular formula is C31H39ClN2O5. The highest BCUT2D eigenvalue weighted by molar-refractivity contribution is 6.30. The summed E-state index contributed by atoms with van der Waals surface area (Å²) in [7, 11) is 1.63. The molecule has 0 radical (unpaired) electrons. The fraction of sp³-hybridized carbons (Fsp3) is 0.484. The van der Waals surface area contributed by atoms with Crippen molar-refractivity contribution in [3.8, 4) is 5.75 Å². The Bertz CT molecular complexity index is 1220. The molecule has 0 aliphatic carbocycles. The van der Waals surface area contributed by atoms with E-state index in [1.165, 1.54) is 17.4 Å². The number of aliphatic carboxylic acids is 1. The Labute approximate surface area is 236 Å². The van der Waals surface area contributed by atoms with Gasteiger partial charge in [-0.2, -0.15) is 0 Å². The lowest BCUT2D eigenvalue weighted by atomic mass is 9.81. The van der Waals surface area contributed by atoms with Crippen LogP contribution in [0.5, 0.6) is 5.75 Å². The van der Waals surface area contributed by atoms with Gasteiger partial charge < -0.3 is 24.7 Å². The van der Waals surface area contributed by atoms with E-state index in [9.17, 15) is 19.8 Å². The van der Waals surface area contributed by atoms with Crippen LogP contribution in [0.4, 0.5) is 5.69 Å². The minimum atomic E-state index is -2.40. The van der Waals surface area contributed by atoms with E-state index in [0.717, 1.165) is 69.3 Å². The second kappa shape index (κ2) is 12.9. The molecular weight excluding hydrogens is 516 g/mol. The number of hydrogen-bond donors (Lipinski definition) is 2. The number of likely N-dealkylation sites (N-methyl/N-ethyl adjacent to an activating group) is 1. The minimum Gasteiger partial charge on any atom is -0.487 e. The zero-order valence-electron chi connectivity index (χ0n) is 22.9. The third-order valence-electron chi connectivity index (χ3n) is 7.96. The summed E-state index contributed by atoms with van der Waals surface area (Å²) in [5.74, 6) is -2.47. The molecule has 0 unspecified atom stereocenters. The number of aryl methyl sites for hydroxylation is 1. The lowest BCUT2D eigenvalue weighted by molar-refractivity contribution is -0.172. The van der Waals surface area contributed by atoms with Crippen molar-refractivity contribution in [1.29, 1.82) is 0 Å². The molecule has 0 saturated heterocycles. The van der Waals surface area contributed by atoms with Gasteiger partial charge in [-0.25, -0.2) is 4.79 Å². The number of carbonyl (C=O) groups excluding carboxylic acids is 1. The molecule has 2 aliphatic heterocycles. The molecule has 2 N–H and O–H groups in total. The van der Waals surface area contributed by atoms with E-state index in [1.54, 1.807) is 25.2 Å². The van der Waals surface area contributed by atoms with Crippen molar-refractivity contribution in [1.82, 2.24) is 4.90 Å². The number of anilines is 1. The van der Waals surface area contributed by atoms with E-state index < -0.39 is 23.4 Å². The Balaban J connectivity index is 1.79. The molecule has 1 amide bonds. The average molecular weight is 555 g/mol. The zero-order valence-corrected chi connectivity index (χ0v) is 23.6. The van der Waals surface area contributed by atoms with E-state index in [-0.39, 0.29) is 5.56 Å². The summed E-state index contributed by atoms with van der Waals surface area (Å²) in [5, 5.41) is 22.6. The van der Waals surface area contributed by atoms with E-state index in [4.69, 9.17) is 16.3 Å². The van der Waals surface area contributed by atoms with Gasteiger partial charge in [-0.05, 0) is 86.4 Å². The number of rotatable bonds is 1. The molecule has 0 aromatic heterocycles. The average Bonchev–Trinajstić information content (AvgIpc) is 2.95. The second-order valence-electron chi connectivity index (χ2n) is 10.7. The lowest BCUT2D eigenvalue weighted by Crippen LogP contribution is -2.49. The fourth-order valence-electron chi connectivity index (χ4n) is 5.47. The second-order valence-corrected chi connectivity index (χ2v) is 11.1.